The van der Waals surface area contributed by atoms with Gasteiger partial charge < -0.3 is 0 Å². The van der Waals surface area contributed by atoms with Crippen molar-refractivity contribution in [3.63, 3.8) is 0 Å². The molecule has 0 atom stereocenters. The molecule has 1 aliphatic rings. The first-order valence-electron chi connectivity index (χ1n) is 7.03. The molecule has 1 aromatic heterocycles. The van der Waals surface area contributed by atoms with E-state index in [0.717, 1.165) is 16.8 Å². The molecule has 0 N–H and O–H groups in total. The minimum Gasteiger partial charge on any atom is -0.296 e. The van der Waals surface area contributed by atoms with Crippen LogP contribution in [0.3, 0.4) is 0 Å². The van der Waals surface area contributed by atoms with Gasteiger partial charge in [-0.1, -0.05) is 35.3 Å². The van der Waals surface area contributed by atoms with Crippen molar-refractivity contribution in [2.75, 3.05) is 0 Å². The lowest BCUT2D eigenvalue weighted by Gasteiger charge is -2.18. The van der Waals surface area contributed by atoms with E-state index in [2.05, 4.69) is 18.8 Å². The number of nitrogens with zero attached hydrogens (tertiary/aromatic N) is 2. The Labute approximate surface area is 134 Å². The van der Waals surface area contributed by atoms with E-state index in [-0.39, 0.29) is 11.0 Å². The lowest BCUT2D eigenvalue weighted by molar-refractivity contribution is 0.610. The highest BCUT2D eigenvalue weighted by atomic mass is 35.5. The first-order chi connectivity index (χ1) is 10.4. The van der Waals surface area contributed by atoms with Crippen molar-refractivity contribution in [1.29, 1.82) is 0 Å². The Morgan fingerprint density at radius 3 is 2.77 bits per heavy atom. The quantitative estimate of drug-likeness (QED) is 0.598. The molecule has 5 heteroatoms. The zero-order chi connectivity index (χ0) is 15.6. The molecule has 0 saturated carbocycles. The van der Waals surface area contributed by atoms with Gasteiger partial charge in [0.2, 0.25) is 0 Å². The van der Waals surface area contributed by atoms with Crippen molar-refractivity contribution in [3.8, 4) is 5.69 Å². The van der Waals surface area contributed by atoms with E-state index in [0.29, 0.717) is 21.7 Å². The summed E-state index contributed by atoms with van der Waals surface area (Å²) in [5.41, 5.74) is 2.84. The smallest absolute Gasteiger partial charge is 0.282 e. The second-order valence-electron chi connectivity index (χ2n) is 6.11. The second kappa shape index (κ2) is 4.23. The molecule has 0 saturated heterocycles. The van der Waals surface area contributed by atoms with Crippen LogP contribution in [-0.4, -0.2) is 17.4 Å². The van der Waals surface area contributed by atoms with Gasteiger partial charge in [0.1, 0.15) is 13.7 Å². The van der Waals surface area contributed by atoms with Crippen LogP contribution in [0.25, 0.3) is 16.6 Å². The maximum absolute atomic E-state index is 12.4. The first-order valence-corrected chi connectivity index (χ1v) is 7.41. The highest BCUT2D eigenvalue weighted by molar-refractivity contribution is 6.35. The number of aromatic nitrogens is 2. The molecule has 0 amide bonds. The van der Waals surface area contributed by atoms with Gasteiger partial charge in [-0.15, -0.1) is 0 Å². The summed E-state index contributed by atoms with van der Waals surface area (Å²) >= 11 is 6.22. The summed E-state index contributed by atoms with van der Waals surface area (Å²) in [5, 5.41) is 0.861. The zero-order valence-corrected chi connectivity index (χ0v) is 13.0. The highest BCUT2D eigenvalue weighted by Crippen LogP contribution is 2.42. The van der Waals surface area contributed by atoms with E-state index < -0.39 is 0 Å². The van der Waals surface area contributed by atoms with Crippen LogP contribution in [0.2, 0.25) is 5.02 Å². The Bertz CT molecular complexity index is 1010. The summed E-state index contributed by atoms with van der Waals surface area (Å²) in [4.78, 5) is 16.8. The average Bonchev–Trinajstić information content (AvgIpc) is 2.67. The first kappa shape index (κ1) is 13.6. The fourth-order valence-electron chi connectivity index (χ4n) is 3.27. The van der Waals surface area contributed by atoms with Gasteiger partial charge in [-0.3, -0.25) is 9.36 Å². The molecule has 0 unspecified atom stereocenters. The van der Waals surface area contributed by atoms with Gasteiger partial charge in [0.15, 0.2) is 0 Å². The van der Waals surface area contributed by atoms with Gasteiger partial charge in [0, 0.05) is 0 Å². The number of hydrogen-bond donors (Lipinski definition) is 0. The minimum atomic E-state index is -0.362. The van der Waals surface area contributed by atoms with E-state index >= 15 is 0 Å². The molecule has 2 aromatic carbocycles. The standard InChI is InChI=1S/C17H12BClN2O/c1-17(2)10-7-6-9(18)8-13(10)21-12-5-3-4-11(19)14(12)15(22)20-16(17)21/h3-8H,1-2H3. The van der Waals surface area contributed by atoms with E-state index in [9.17, 15) is 4.79 Å². The molecule has 4 rings (SSSR count). The van der Waals surface area contributed by atoms with Crippen LogP contribution in [0, 0.1) is 0 Å². The summed E-state index contributed by atoms with van der Waals surface area (Å²) in [6.07, 6.45) is 0. The van der Waals surface area contributed by atoms with Crippen molar-refractivity contribution < 1.29 is 0 Å². The van der Waals surface area contributed by atoms with Crippen LogP contribution in [0.4, 0.5) is 0 Å². The van der Waals surface area contributed by atoms with E-state index in [1.54, 1.807) is 6.07 Å². The molecule has 0 spiro atoms. The van der Waals surface area contributed by atoms with Crippen LogP contribution in [0.5, 0.6) is 0 Å². The number of benzene rings is 2. The summed E-state index contributed by atoms with van der Waals surface area (Å²) in [7, 11) is 5.96. The lowest BCUT2D eigenvalue weighted by atomic mass is 9.83. The normalized spacial score (nSPS) is 14.9. The molecule has 3 nitrogen and oxygen atoms in total. The molecular weight excluding hydrogens is 294 g/mol. The third kappa shape index (κ3) is 1.59. The van der Waals surface area contributed by atoms with E-state index in [1.165, 1.54) is 0 Å². The molecule has 3 aromatic rings. The van der Waals surface area contributed by atoms with Crippen LogP contribution >= 0.6 is 11.6 Å². The Morgan fingerprint density at radius 1 is 1.23 bits per heavy atom. The molecule has 1 aliphatic heterocycles. The predicted molar refractivity (Wildman–Crippen MR) is 89.9 cm³/mol. The van der Waals surface area contributed by atoms with Gasteiger partial charge >= 0.3 is 0 Å². The van der Waals surface area contributed by atoms with E-state index in [4.69, 9.17) is 19.4 Å². The van der Waals surface area contributed by atoms with E-state index in [1.807, 2.05) is 34.9 Å². The number of hydrogen-bond acceptors (Lipinski definition) is 2. The number of fused-ring (bicyclic) bond motifs is 5. The largest absolute Gasteiger partial charge is 0.296 e. The van der Waals surface area contributed by atoms with Crippen molar-refractivity contribution in [2.45, 2.75) is 19.3 Å². The highest BCUT2D eigenvalue weighted by Gasteiger charge is 2.38. The molecule has 22 heavy (non-hydrogen) atoms. The Kier molecular flexibility index (Phi) is 2.61. The maximum Gasteiger partial charge on any atom is 0.282 e. The average molecular weight is 307 g/mol. The monoisotopic (exact) mass is 306 g/mol. The van der Waals surface area contributed by atoms with Crippen LogP contribution < -0.4 is 11.0 Å². The fourth-order valence-corrected chi connectivity index (χ4v) is 3.52. The van der Waals surface area contributed by atoms with Gasteiger partial charge in [-0.05, 0) is 37.6 Å². The molecule has 0 fully saturated rings. The Balaban J connectivity index is 2.28. The summed E-state index contributed by atoms with van der Waals surface area (Å²) in [6, 6.07) is 11.2. The fraction of sp³-hybridized carbons (Fsp3) is 0.176. The number of halogens is 1. The zero-order valence-electron chi connectivity index (χ0n) is 12.2. The van der Waals surface area contributed by atoms with Gasteiger partial charge in [-0.2, -0.15) is 4.98 Å². The third-order valence-corrected chi connectivity index (χ3v) is 4.68. The van der Waals surface area contributed by atoms with Gasteiger partial charge in [0.25, 0.3) is 5.56 Å². The summed E-state index contributed by atoms with van der Waals surface area (Å²) < 4.78 is 1.99. The lowest BCUT2D eigenvalue weighted by Crippen LogP contribution is -2.24. The predicted octanol–water partition coefficient (Wildman–Crippen LogP) is 2.47. The number of rotatable bonds is 0. The maximum atomic E-state index is 12.4. The van der Waals surface area contributed by atoms with Crippen molar-refractivity contribution in [1.82, 2.24) is 9.55 Å². The second-order valence-corrected chi connectivity index (χ2v) is 6.52. The van der Waals surface area contributed by atoms with Gasteiger partial charge in [0.05, 0.1) is 27.0 Å². The minimum absolute atomic E-state index is 0.291. The molecule has 0 bridgehead atoms. The summed E-state index contributed by atoms with van der Waals surface area (Å²) in [6.45, 7) is 4.12. The van der Waals surface area contributed by atoms with Crippen LogP contribution in [-0.2, 0) is 5.41 Å². The SMILES string of the molecule is [B]c1ccc2c(c1)-n1c(nc(=O)c3c(Cl)cccc31)C2(C)C. The van der Waals surface area contributed by atoms with Crippen molar-refractivity contribution in [3.05, 3.63) is 63.2 Å². The van der Waals surface area contributed by atoms with Crippen molar-refractivity contribution in [2.24, 2.45) is 0 Å². The van der Waals surface area contributed by atoms with Crippen LogP contribution in [0.1, 0.15) is 25.2 Å². The molecular formula is C17H12BClN2O. The Hall–Kier alpha value is -2.07. The molecule has 0 aliphatic carbocycles. The molecule has 2 heterocycles. The van der Waals surface area contributed by atoms with Gasteiger partial charge in [-0.25, -0.2) is 0 Å². The van der Waals surface area contributed by atoms with Crippen LogP contribution in [0.15, 0.2) is 41.2 Å². The molecule has 106 valence electrons. The summed E-state index contributed by atoms with van der Waals surface area (Å²) in [5.74, 6) is 0.716. The topological polar surface area (TPSA) is 34.9 Å². The van der Waals surface area contributed by atoms with Crippen molar-refractivity contribution >= 4 is 35.8 Å². The Morgan fingerprint density at radius 2 is 2.00 bits per heavy atom. The molecule has 2 radical (unpaired) electrons. The third-order valence-electron chi connectivity index (χ3n) is 4.36.